The lowest BCUT2D eigenvalue weighted by molar-refractivity contribution is 0.238. The molecule has 2 aromatic rings. The Bertz CT molecular complexity index is 655. The summed E-state index contributed by atoms with van der Waals surface area (Å²) in [4.78, 5) is 4.50. The molecule has 2 unspecified atom stereocenters. The van der Waals surface area contributed by atoms with Crippen LogP contribution >= 0.6 is 11.3 Å². The maximum atomic E-state index is 13.8. The molecule has 21 heavy (non-hydrogen) atoms. The van der Waals surface area contributed by atoms with E-state index in [1.165, 1.54) is 23.8 Å². The third-order valence-electron chi connectivity index (χ3n) is 4.17. The molecular weight excluding hydrogens is 290 g/mol. The number of benzene rings is 1. The fourth-order valence-electron chi connectivity index (χ4n) is 3.11. The number of rotatable bonds is 2. The standard InChI is InChI=1S/C16H18F2N2S/c1-10-3-2-6-16(19,8-10)15-20-14(9-21-15)12-7-11(17)4-5-13(12)18/h4-5,7,9-10H,2-3,6,8,19H2,1H3. The molecule has 1 aliphatic carbocycles. The van der Waals surface area contributed by atoms with Gasteiger partial charge in [0.1, 0.15) is 16.6 Å². The Morgan fingerprint density at radius 3 is 2.95 bits per heavy atom. The quantitative estimate of drug-likeness (QED) is 0.890. The lowest BCUT2D eigenvalue weighted by atomic mass is 9.77. The van der Waals surface area contributed by atoms with Crippen molar-refractivity contribution in [1.29, 1.82) is 0 Å². The fraction of sp³-hybridized carbons (Fsp3) is 0.438. The zero-order valence-corrected chi connectivity index (χ0v) is 12.7. The first-order chi connectivity index (χ1) is 9.98. The maximum Gasteiger partial charge on any atom is 0.132 e. The fourth-order valence-corrected chi connectivity index (χ4v) is 4.08. The van der Waals surface area contributed by atoms with E-state index in [0.717, 1.165) is 36.4 Å². The van der Waals surface area contributed by atoms with Gasteiger partial charge in [0, 0.05) is 10.9 Å². The highest BCUT2D eigenvalue weighted by atomic mass is 32.1. The zero-order valence-electron chi connectivity index (χ0n) is 11.9. The first-order valence-corrected chi connectivity index (χ1v) is 8.06. The van der Waals surface area contributed by atoms with Crippen molar-refractivity contribution in [2.24, 2.45) is 11.7 Å². The molecule has 1 fully saturated rings. The molecule has 2 N–H and O–H groups in total. The van der Waals surface area contributed by atoms with Crippen LogP contribution < -0.4 is 5.73 Å². The molecule has 0 aliphatic heterocycles. The third kappa shape index (κ3) is 2.85. The van der Waals surface area contributed by atoms with Crippen LogP contribution in [0.2, 0.25) is 0 Å². The largest absolute Gasteiger partial charge is 0.319 e. The highest BCUT2D eigenvalue weighted by molar-refractivity contribution is 7.10. The van der Waals surface area contributed by atoms with Gasteiger partial charge in [-0.2, -0.15) is 0 Å². The minimum Gasteiger partial charge on any atom is -0.319 e. The van der Waals surface area contributed by atoms with Crippen molar-refractivity contribution in [1.82, 2.24) is 4.98 Å². The van der Waals surface area contributed by atoms with E-state index in [-0.39, 0.29) is 5.56 Å². The molecule has 1 saturated carbocycles. The molecule has 1 aromatic heterocycles. The Hall–Kier alpha value is -1.33. The molecule has 0 radical (unpaired) electrons. The summed E-state index contributed by atoms with van der Waals surface area (Å²) in [6.45, 7) is 2.20. The summed E-state index contributed by atoms with van der Waals surface area (Å²) in [5.74, 6) is -0.354. The Kier molecular flexibility index (Phi) is 3.80. The first-order valence-electron chi connectivity index (χ1n) is 7.18. The van der Waals surface area contributed by atoms with Crippen molar-refractivity contribution in [3.8, 4) is 11.3 Å². The van der Waals surface area contributed by atoms with Gasteiger partial charge in [0.05, 0.1) is 11.2 Å². The Balaban J connectivity index is 1.94. The lowest BCUT2D eigenvalue weighted by Gasteiger charge is -2.35. The minimum atomic E-state index is -0.463. The Labute approximate surface area is 127 Å². The molecule has 0 saturated heterocycles. The van der Waals surface area contributed by atoms with E-state index < -0.39 is 17.2 Å². The third-order valence-corrected chi connectivity index (χ3v) is 5.23. The van der Waals surface area contributed by atoms with Gasteiger partial charge in [-0.15, -0.1) is 11.3 Å². The highest BCUT2D eigenvalue weighted by Crippen LogP contribution is 2.40. The van der Waals surface area contributed by atoms with Crippen molar-refractivity contribution in [3.63, 3.8) is 0 Å². The van der Waals surface area contributed by atoms with Gasteiger partial charge in [-0.1, -0.05) is 19.8 Å². The van der Waals surface area contributed by atoms with Gasteiger partial charge in [0.15, 0.2) is 0 Å². The number of halogens is 2. The van der Waals surface area contributed by atoms with Gasteiger partial charge in [0.2, 0.25) is 0 Å². The van der Waals surface area contributed by atoms with Gasteiger partial charge < -0.3 is 5.73 Å². The molecule has 0 bridgehead atoms. The van der Waals surface area contributed by atoms with Gasteiger partial charge in [0.25, 0.3) is 0 Å². The topological polar surface area (TPSA) is 38.9 Å². The summed E-state index contributed by atoms with van der Waals surface area (Å²) in [6, 6.07) is 3.42. The molecule has 5 heteroatoms. The van der Waals surface area contributed by atoms with Crippen molar-refractivity contribution >= 4 is 11.3 Å². The van der Waals surface area contributed by atoms with Crippen molar-refractivity contribution in [3.05, 3.63) is 40.2 Å². The van der Waals surface area contributed by atoms with Crippen LogP contribution in [-0.4, -0.2) is 4.98 Å². The van der Waals surface area contributed by atoms with Crippen molar-refractivity contribution < 1.29 is 8.78 Å². The predicted molar refractivity (Wildman–Crippen MR) is 81.0 cm³/mol. The second-order valence-electron chi connectivity index (χ2n) is 6.02. The van der Waals surface area contributed by atoms with Gasteiger partial charge in [-0.05, 0) is 37.0 Å². The van der Waals surface area contributed by atoms with Crippen LogP contribution in [0.25, 0.3) is 11.3 Å². The summed E-state index contributed by atoms with van der Waals surface area (Å²) < 4.78 is 27.1. The first kappa shape index (κ1) is 14.6. The molecular formula is C16H18F2N2S. The average molecular weight is 308 g/mol. The van der Waals surface area contributed by atoms with Crippen LogP contribution in [0.1, 0.15) is 37.6 Å². The van der Waals surface area contributed by atoms with Crippen LogP contribution in [-0.2, 0) is 5.54 Å². The summed E-state index contributed by atoms with van der Waals surface area (Å²) >= 11 is 1.44. The molecule has 3 rings (SSSR count). The highest BCUT2D eigenvalue weighted by Gasteiger charge is 2.35. The van der Waals surface area contributed by atoms with Crippen LogP contribution in [0.3, 0.4) is 0 Å². The SMILES string of the molecule is CC1CCCC(N)(c2nc(-c3cc(F)ccc3F)cs2)C1. The van der Waals surface area contributed by atoms with E-state index in [4.69, 9.17) is 5.73 Å². The molecule has 2 atom stereocenters. The van der Waals surface area contributed by atoms with E-state index in [1.807, 2.05) is 0 Å². The van der Waals surface area contributed by atoms with Crippen LogP contribution in [0.5, 0.6) is 0 Å². The monoisotopic (exact) mass is 308 g/mol. The molecule has 112 valence electrons. The molecule has 1 aromatic carbocycles. The van der Waals surface area contributed by atoms with E-state index in [1.54, 1.807) is 5.38 Å². The van der Waals surface area contributed by atoms with Crippen LogP contribution in [0, 0.1) is 17.6 Å². The lowest BCUT2D eigenvalue weighted by Crippen LogP contribution is -2.40. The molecule has 0 spiro atoms. The van der Waals surface area contributed by atoms with Crippen LogP contribution in [0.4, 0.5) is 8.78 Å². The average Bonchev–Trinajstić information content (AvgIpc) is 2.91. The molecule has 1 heterocycles. The minimum absolute atomic E-state index is 0.199. The van der Waals surface area contributed by atoms with Crippen LogP contribution in [0.15, 0.2) is 23.6 Å². The summed E-state index contributed by atoms with van der Waals surface area (Å²) in [5.41, 5.74) is 6.75. The molecule has 0 amide bonds. The van der Waals surface area contributed by atoms with E-state index >= 15 is 0 Å². The van der Waals surface area contributed by atoms with Crippen molar-refractivity contribution in [2.75, 3.05) is 0 Å². The predicted octanol–water partition coefficient (Wildman–Crippen LogP) is 4.45. The zero-order chi connectivity index (χ0) is 15.0. The van der Waals surface area contributed by atoms with E-state index in [2.05, 4.69) is 11.9 Å². The molecule has 1 aliphatic rings. The Morgan fingerprint density at radius 2 is 2.19 bits per heavy atom. The van der Waals surface area contributed by atoms with Gasteiger partial charge in [-0.3, -0.25) is 0 Å². The maximum absolute atomic E-state index is 13.8. The van der Waals surface area contributed by atoms with E-state index in [0.29, 0.717) is 11.6 Å². The second kappa shape index (κ2) is 5.46. The van der Waals surface area contributed by atoms with Gasteiger partial charge >= 0.3 is 0 Å². The molecule has 2 nitrogen and oxygen atoms in total. The summed E-state index contributed by atoms with van der Waals surface area (Å²) in [7, 11) is 0. The number of nitrogens with two attached hydrogens (primary N) is 1. The van der Waals surface area contributed by atoms with Gasteiger partial charge in [-0.25, -0.2) is 13.8 Å². The summed E-state index contributed by atoms with van der Waals surface area (Å²) in [5, 5.41) is 2.59. The number of nitrogens with zero attached hydrogens (tertiary/aromatic N) is 1. The Morgan fingerprint density at radius 1 is 1.38 bits per heavy atom. The van der Waals surface area contributed by atoms with E-state index in [9.17, 15) is 8.78 Å². The number of hydrogen-bond acceptors (Lipinski definition) is 3. The normalized spacial score (nSPS) is 26.0. The number of hydrogen-bond donors (Lipinski definition) is 1. The second-order valence-corrected chi connectivity index (χ2v) is 6.88. The smallest absolute Gasteiger partial charge is 0.132 e. The number of aromatic nitrogens is 1. The number of thiazole rings is 1. The van der Waals surface area contributed by atoms with Crippen molar-refractivity contribution in [2.45, 2.75) is 38.1 Å². The summed E-state index contributed by atoms with van der Waals surface area (Å²) in [6.07, 6.45) is 4.07.